The predicted octanol–water partition coefficient (Wildman–Crippen LogP) is 2.69. The molecule has 0 fully saturated rings. The van der Waals surface area contributed by atoms with Gasteiger partial charge in [-0.05, 0) is 36.8 Å². The Bertz CT molecular complexity index is 248. The Morgan fingerprint density at radius 1 is 1.31 bits per heavy atom. The van der Waals surface area contributed by atoms with Crippen LogP contribution in [0.1, 0.15) is 18.9 Å². The lowest BCUT2D eigenvalue weighted by molar-refractivity contribution is 0.942. The summed E-state index contributed by atoms with van der Waals surface area (Å²) < 4.78 is 0. The molecule has 13 heavy (non-hydrogen) atoms. The van der Waals surface area contributed by atoms with Gasteiger partial charge in [0.1, 0.15) is 0 Å². The third-order valence-corrected chi connectivity index (χ3v) is 3.16. The minimum atomic E-state index is 0.793. The summed E-state index contributed by atoms with van der Waals surface area (Å²) in [7, 11) is 0. The maximum Gasteiger partial charge on any atom is 0.0104 e. The molecule has 1 nitrogen and oxygen atoms in total. The van der Waals surface area contributed by atoms with Crippen molar-refractivity contribution in [2.24, 2.45) is 5.73 Å². The first-order valence-corrected chi connectivity index (χ1v) is 5.77. The average molecular weight is 195 g/mol. The largest absolute Gasteiger partial charge is 0.330 e. The highest BCUT2D eigenvalue weighted by Gasteiger charge is 1.98. The summed E-state index contributed by atoms with van der Waals surface area (Å²) in [5.41, 5.74) is 6.90. The summed E-state index contributed by atoms with van der Waals surface area (Å²) in [6.07, 6.45) is 2.22. The third kappa shape index (κ3) is 3.41. The lowest BCUT2D eigenvalue weighted by Crippen LogP contribution is -1.99. The van der Waals surface area contributed by atoms with Crippen LogP contribution >= 0.6 is 11.8 Å². The summed E-state index contributed by atoms with van der Waals surface area (Å²) in [6, 6.07) is 8.60. The van der Waals surface area contributed by atoms with E-state index in [1.807, 2.05) is 11.8 Å². The summed E-state index contributed by atoms with van der Waals surface area (Å²) in [5, 5.41) is 0. The van der Waals surface area contributed by atoms with Crippen LogP contribution in [-0.2, 0) is 6.42 Å². The highest BCUT2D eigenvalue weighted by atomic mass is 32.2. The quantitative estimate of drug-likeness (QED) is 0.577. The maximum atomic E-state index is 5.45. The highest BCUT2D eigenvalue weighted by Crippen LogP contribution is 2.23. The second kappa shape index (κ2) is 6.06. The molecule has 1 aromatic rings. The van der Waals surface area contributed by atoms with Gasteiger partial charge in [-0.1, -0.05) is 25.1 Å². The Hall–Kier alpha value is -0.470. The molecular weight excluding hydrogens is 178 g/mol. The van der Waals surface area contributed by atoms with Crippen LogP contribution in [0, 0.1) is 0 Å². The molecule has 0 bridgehead atoms. The molecule has 2 N–H and O–H groups in total. The monoisotopic (exact) mass is 195 g/mol. The van der Waals surface area contributed by atoms with Gasteiger partial charge in [-0.2, -0.15) is 0 Å². The summed E-state index contributed by atoms with van der Waals surface area (Å²) in [5.74, 6) is 1.13. The van der Waals surface area contributed by atoms with Crippen molar-refractivity contribution in [1.82, 2.24) is 0 Å². The zero-order valence-electron chi connectivity index (χ0n) is 8.12. The van der Waals surface area contributed by atoms with Gasteiger partial charge >= 0.3 is 0 Å². The number of hydrogen-bond acceptors (Lipinski definition) is 2. The Labute approximate surface area is 84.7 Å². The topological polar surface area (TPSA) is 26.0 Å². The van der Waals surface area contributed by atoms with E-state index < -0.39 is 0 Å². The molecule has 0 aliphatic heterocycles. The van der Waals surface area contributed by atoms with Gasteiger partial charge < -0.3 is 5.73 Å². The molecule has 2 heteroatoms. The second-order valence-electron chi connectivity index (χ2n) is 2.95. The van der Waals surface area contributed by atoms with Crippen LogP contribution in [0.5, 0.6) is 0 Å². The first-order valence-electron chi connectivity index (χ1n) is 4.79. The molecule has 0 aliphatic carbocycles. The number of hydrogen-bond donors (Lipinski definition) is 1. The lowest BCUT2D eigenvalue weighted by atomic mass is 10.2. The van der Waals surface area contributed by atoms with Gasteiger partial charge in [-0.15, -0.1) is 11.8 Å². The summed E-state index contributed by atoms with van der Waals surface area (Å²) in [4.78, 5) is 1.42. The van der Waals surface area contributed by atoms with E-state index in [2.05, 4.69) is 31.2 Å². The average Bonchev–Trinajstić information content (AvgIpc) is 2.19. The molecule has 0 aliphatic rings. The second-order valence-corrected chi connectivity index (χ2v) is 4.09. The predicted molar refractivity (Wildman–Crippen MR) is 60.2 cm³/mol. The van der Waals surface area contributed by atoms with Crippen molar-refractivity contribution in [2.75, 3.05) is 12.3 Å². The van der Waals surface area contributed by atoms with E-state index >= 15 is 0 Å². The molecule has 0 unspecified atom stereocenters. The van der Waals surface area contributed by atoms with Crippen molar-refractivity contribution in [3.05, 3.63) is 29.8 Å². The van der Waals surface area contributed by atoms with Crippen molar-refractivity contribution in [3.63, 3.8) is 0 Å². The number of aryl methyl sites for hydroxylation is 1. The van der Waals surface area contributed by atoms with Crippen LogP contribution in [0.4, 0.5) is 0 Å². The van der Waals surface area contributed by atoms with Crippen molar-refractivity contribution < 1.29 is 0 Å². The molecule has 0 radical (unpaired) electrons. The number of benzene rings is 1. The van der Waals surface area contributed by atoms with Crippen molar-refractivity contribution in [2.45, 2.75) is 24.7 Å². The van der Waals surface area contributed by atoms with Crippen molar-refractivity contribution >= 4 is 11.8 Å². The maximum absolute atomic E-state index is 5.45. The van der Waals surface area contributed by atoms with E-state index in [9.17, 15) is 0 Å². The molecule has 0 atom stereocenters. The van der Waals surface area contributed by atoms with Crippen LogP contribution in [0.15, 0.2) is 29.2 Å². The Morgan fingerprint density at radius 3 is 2.77 bits per heavy atom. The SMILES string of the molecule is CCc1ccccc1SCCCN. The van der Waals surface area contributed by atoms with Gasteiger partial charge in [-0.25, -0.2) is 0 Å². The normalized spacial score (nSPS) is 10.3. The molecule has 0 spiro atoms. The zero-order chi connectivity index (χ0) is 9.52. The Kier molecular flexibility index (Phi) is 4.94. The number of nitrogens with two attached hydrogens (primary N) is 1. The third-order valence-electron chi connectivity index (χ3n) is 1.96. The minimum absolute atomic E-state index is 0.793. The van der Waals surface area contributed by atoms with E-state index in [-0.39, 0.29) is 0 Å². The van der Waals surface area contributed by atoms with Gasteiger partial charge in [0.15, 0.2) is 0 Å². The van der Waals surface area contributed by atoms with Crippen LogP contribution in [0.2, 0.25) is 0 Å². The molecule has 1 aromatic carbocycles. The van der Waals surface area contributed by atoms with Gasteiger partial charge in [0.2, 0.25) is 0 Å². The van der Waals surface area contributed by atoms with E-state index in [0.29, 0.717) is 0 Å². The molecule has 0 saturated heterocycles. The molecule has 0 aromatic heterocycles. The van der Waals surface area contributed by atoms with Crippen molar-refractivity contribution in [1.29, 1.82) is 0 Å². The molecule has 0 saturated carbocycles. The van der Waals surface area contributed by atoms with E-state index in [1.54, 1.807) is 0 Å². The first-order chi connectivity index (χ1) is 6.38. The minimum Gasteiger partial charge on any atom is -0.330 e. The molecule has 72 valence electrons. The summed E-state index contributed by atoms with van der Waals surface area (Å²) in [6.45, 7) is 2.99. The van der Waals surface area contributed by atoms with Crippen LogP contribution in [-0.4, -0.2) is 12.3 Å². The fraction of sp³-hybridized carbons (Fsp3) is 0.455. The Morgan fingerprint density at radius 2 is 2.08 bits per heavy atom. The smallest absolute Gasteiger partial charge is 0.0104 e. The van der Waals surface area contributed by atoms with Gasteiger partial charge in [0.25, 0.3) is 0 Å². The molecule has 0 heterocycles. The van der Waals surface area contributed by atoms with E-state index in [0.717, 1.165) is 25.1 Å². The Balaban J connectivity index is 2.54. The van der Waals surface area contributed by atoms with Gasteiger partial charge in [-0.3, -0.25) is 0 Å². The molecule has 1 rings (SSSR count). The van der Waals surface area contributed by atoms with Crippen LogP contribution in [0.3, 0.4) is 0 Å². The van der Waals surface area contributed by atoms with Gasteiger partial charge in [0, 0.05) is 4.90 Å². The van der Waals surface area contributed by atoms with Gasteiger partial charge in [0.05, 0.1) is 0 Å². The molecular formula is C11H17NS. The van der Waals surface area contributed by atoms with Crippen molar-refractivity contribution in [3.8, 4) is 0 Å². The van der Waals surface area contributed by atoms with E-state index in [1.165, 1.54) is 10.5 Å². The standard InChI is InChI=1S/C11H17NS/c1-2-10-6-3-4-7-11(10)13-9-5-8-12/h3-4,6-7H,2,5,8-9,12H2,1H3. The first kappa shape index (κ1) is 10.6. The molecule has 0 amide bonds. The lowest BCUT2D eigenvalue weighted by Gasteiger charge is -2.05. The number of rotatable bonds is 5. The van der Waals surface area contributed by atoms with Crippen LogP contribution < -0.4 is 5.73 Å². The fourth-order valence-corrected chi connectivity index (χ4v) is 2.31. The zero-order valence-corrected chi connectivity index (χ0v) is 8.94. The van der Waals surface area contributed by atoms with Crippen LogP contribution in [0.25, 0.3) is 0 Å². The summed E-state index contributed by atoms with van der Waals surface area (Å²) >= 11 is 1.92. The van der Waals surface area contributed by atoms with E-state index in [4.69, 9.17) is 5.73 Å². The number of thioether (sulfide) groups is 1. The highest BCUT2D eigenvalue weighted by molar-refractivity contribution is 7.99. The fourth-order valence-electron chi connectivity index (χ4n) is 1.20.